The Balaban J connectivity index is 2.65. The van der Waals surface area contributed by atoms with Crippen LogP contribution in [0.2, 0.25) is 0 Å². The Morgan fingerprint density at radius 2 is 2.25 bits per heavy atom. The minimum Gasteiger partial charge on any atom is -0.382 e. The third-order valence-corrected chi connectivity index (χ3v) is 2.88. The summed E-state index contributed by atoms with van der Waals surface area (Å²) in [4.78, 5) is 0. The van der Waals surface area contributed by atoms with Gasteiger partial charge in [0, 0.05) is 13.0 Å². The highest BCUT2D eigenvalue weighted by molar-refractivity contribution is 4.98. The first-order chi connectivity index (χ1) is 8.11. The van der Waals surface area contributed by atoms with Crippen molar-refractivity contribution in [1.29, 1.82) is 0 Å². The van der Waals surface area contributed by atoms with E-state index in [4.69, 9.17) is 15.6 Å². The molecule has 3 nitrogen and oxygen atoms in total. The zero-order valence-electron chi connectivity index (χ0n) is 11.7. The Hall–Kier alpha value is -0.380. The molecule has 3 heteroatoms. The molecule has 94 valence electrons. The number of hydrogen-bond acceptors (Lipinski definition) is 3. The molecule has 0 bridgehead atoms. The zero-order valence-corrected chi connectivity index (χ0v) is 10.7. The van der Waals surface area contributed by atoms with E-state index in [2.05, 4.69) is 13.8 Å². The second kappa shape index (κ2) is 7.05. The Bertz CT molecular complexity index is 243. The fraction of sp³-hybridized carbons (Fsp3) is 0.846. The molecule has 0 aromatic rings. The average Bonchev–Trinajstić information content (AvgIpc) is 2.56. The first-order valence-electron chi connectivity index (χ1n) is 6.50. The van der Waals surface area contributed by atoms with Crippen LogP contribution in [0.1, 0.15) is 22.1 Å². The van der Waals surface area contributed by atoms with Crippen molar-refractivity contribution in [3.05, 3.63) is 12.2 Å². The van der Waals surface area contributed by atoms with Gasteiger partial charge in [-0.3, -0.25) is 0 Å². The molecule has 16 heavy (non-hydrogen) atoms. The van der Waals surface area contributed by atoms with Crippen LogP contribution in [-0.2, 0) is 14.2 Å². The number of methoxy groups -OCH3 is 1. The summed E-state index contributed by atoms with van der Waals surface area (Å²) in [7, 11) is 1.65. The summed E-state index contributed by atoms with van der Waals surface area (Å²) in [5.41, 5.74) is 0. The Kier molecular flexibility index (Phi) is 5.32. The van der Waals surface area contributed by atoms with Crippen LogP contribution in [0.3, 0.4) is 0 Å². The fourth-order valence-electron chi connectivity index (χ4n) is 2.08. The van der Waals surface area contributed by atoms with Crippen molar-refractivity contribution in [2.24, 2.45) is 11.8 Å². The highest BCUT2D eigenvalue weighted by atomic mass is 16.6. The summed E-state index contributed by atoms with van der Waals surface area (Å²) < 4.78 is 24.3. The van der Waals surface area contributed by atoms with Gasteiger partial charge in [-0.05, 0) is 12.8 Å². The molecule has 0 aromatic carbocycles. The van der Waals surface area contributed by atoms with Crippen LogP contribution in [0, 0.1) is 11.8 Å². The van der Waals surface area contributed by atoms with Gasteiger partial charge in [-0.15, -0.1) is 0 Å². The molecule has 0 amide bonds. The molecular weight excluding hydrogens is 204 g/mol. The summed E-state index contributed by atoms with van der Waals surface area (Å²) in [6, 6.07) is 0. The maximum atomic E-state index is 7.94. The van der Waals surface area contributed by atoms with Crippen molar-refractivity contribution in [3.8, 4) is 0 Å². The smallest absolute Gasteiger partial charge is 0.0868 e. The SMILES string of the molecule is [3H][C@@H]1O[C@H](/C=C/C)[C@@H](C(C)C)[C@H]1OCCOC. The van der Waals surface area contributed by atoms with Crippen LogP contribution in [0.4, 0.5) is 0 Å². The summed E-state index contributed by atoms with van der Waals surface area (Å²) in [6.45, 7) is 6.75. The highest BCUT2D eigenvalue weighted by Gasteiger charge is 2.38. The monoisotopic (exact) mass is 230 g/mol. The summed E-state index contributed by atoms with van der Waals surface area (Å²) >= 11 is 0. The molecule has 1 aliphatic rings. The predicted octanol–water partition coefficient (Wildman–Crippen LogP) is 2.27. The van der Waals surface area contributed by atoms with Crippen LogP contribution < -0.4 is 0 Å². The molecule has 1 rings (SSSR count). The van der Waals surface area contributed by atoms with Crippen molar-refractivity contribution in [2.75, 3.05) is 26.9 Å². The van der Waals surface area contributed by atoms with E-state index in [0.29, 0.717) is 19.1 Å². The van der Waals surface area contributed by atoms with Gasteiger partial charge in [0.1, 0.15) is 0 Å². The third kappa shape index (κ3) is 3.58. The lowest BCUT2D eigenvalue weighted by atomic mass is 9.87. The number of hydrogen-bond donors (Lipinski definition) is 0. The zero-order chi connectivity index (χ0) is 12.8. The molecular formula is C13H24O3. The van der Waals surface area contributed by atoms with Crippen molar-refractivity contribution >= 4 is 0 Å². The molecule has 1 fully saturated rings. The molecule has 1 saturated heterocycles. The standard InChI is InChI=1S/C13H24O3/c1-5-6-11-13(10(2)3)12(9-16-11)15-8-7-14-4/h5-6,10-13H,7-9H2,1-4H3/b6-5+/t11-,12+,13-/m1/s1/i9T/t9-,11+,12-,13+/m0. The minimum atomic E-state index is -0.597. The third-order valence-electron chi connectivity index (χ3n) is 2.88. The van der Waals surface area contributed by atoms with Crippen LogP contribution in [0.25, 0.3) is 0 Å². The van der Waals surface area contributed by atoms with E-state index in [9.17, 15) is 0 Å². The largest absolute Gasteiger partial charge is 0.382 e. The van der Waals surface area contributed by atoms with E-state index in [0.717, 1.165) is 0 Å². The maximum Gasteiger partial charge on any atom is 0.0868 e. The van der Waals surface area contributed by atoms with E-state index in [1.165, 1.54) is 0 Å². The van der Waals surface area contributed by atoms with Gasteiger partial charge < -0.3 is 14.2 Å². The van der Waals surface area contributed by atoms with Gasteiger partial charge in [0.15, 0.2) is 0 Å². The van der Waals surface area contributed by atoms with Crippen molar-refractivity contribution in [3.63, 3.8) is 0 Å². The normalized spacial score (nSPS) is 36.2. The lowest BCUT2D eigenvalue weighted by molar-refractivity contribution is -0.00872. The molecule has 0 radical (unpaired) electrons. The lowest BCUT2D eigenvalue weighted by Gasteiger charge is -2.24. The summed E-state index contributed by atoms with van der Waals surface area (Å²) in [5, 5.41) is 0. The topological polar surface area (TPSA) is 27.7 Å². The van der Waals surface area contributed by atoms with Crippen LogP contribution in [0.15, 0.2) is 12.2 Å². The minimum absolute atomic E-state index is 0.00459. The number of ether oxygens (including phenoxy) is 3. The molecule has 0 saturated carbocycles. The molecule has 1 heterocycles. The molecule has 0 unspecified atom stereocenters. The van der Waals surface area contributed by atoms with Gasteiger partial charge in [0.05, 0.1) is 33.4 Å². The van der Waals surface area contributed by atoms with E-state index in [1.807, 2.05) is 19.1 Å². The lowest BCUT2D eigenvalue weighted by Crippen LogP contribution is -2.31. The molecule has 0 aromatic heterocycles. The molecule has 4 atom stereocenters. The van der Waals surface area contributed by atoms with Crippen LogP contribution >= 0.6 is 0 Å². The first-order valence-corrected chi connectivity index (χ1v) is 5.92. The first kappa shape index (κ1) is 12.1. The van der Waals surface area contributed by atoms with E-state index in [1.54, 1.807) is 7.11 Å². The molecule has 0 aliphatic carbocycles. The number of allylic oxidation sites excluding steroid dienone is 1. The average molecular weight is 230 g/mol. The maximum absolute atomic E-state index is 7.94. The number of rotatable bonds is 6. The van der Waals surface area contributed by atoms with Crippen molar-refractivity contribution in [2.45, 2.75) is 33.0 Å². The van der Waals surface area contributed by atoms with Crippen LogP contribution in [-0.4, -0.2) is 39.1 Å². The van der Waals surface area contributed by atoms with Crippen molar-refractivity contribution in [1.82, 2.24) is 0 Å². The van der Waals surface area contributed by atoms with Crippen LogP contribution in [0.5, 0.6) is 0 Å². The van der Waals surface area contributed by atoms with E-state index >= 15 is 0 Å². The summed E-state index contributed by atoms with van der Waals surface area (Å²) in [5.74, 6) is 0.671. The quantitative estimate of drug-likeness (QED) is 0.517. The molecule has 0 N–H and O–H groups in total. The van der Waals surface area contributed by atoms with Gasteiger partial charge in [-0.25, -0.2) is 0 Å². The highest BCUT2D eigenvalue weighted by Crippen LogP contribution is 2.31. The van der Waals surface area contributed by atoms with Gasteiger partial charge in [-0.2, -0.15) is 0 Å². The Morgan fingerprint density at radius 1 is 1.50 bits per heavy atom. The van der Waals surface area contributed by atoms with Gasteiger partial charge in [0.25, 0.3) is 0 Å². The van der Waals surface area contributed by atoms with E-state index in [-0.39, 0.29) is 18.1 Å². The summed E-state index contributed by atoms with van der Waals surface area (Å²) in [6.07, 6.45) is 3.83. The second-order valence-corrected chi connectivity index (χ2v) is 4.41. The molecule has 0 spiro atoms. The van der Waals surface area contributed by atoms with Gasteiger partial charge in [0.2, 0.25) is 0 Å². The van der Waals surface area contributed by atoms with Crippen molar-refractivity contribution < 1.29 is 15.6 Å². The predicted molar refractivity (Wildman–Crippen MR) is 64.5 cm³/mol. The molecule has 1 aliphatic heterocycles. The second-order valence-electron chi connectivity index (χ2n) is 4.41. The van der Waals surface area contributed by atoms with Gasteiger partial charge in [-0.1, -0.05) is 26.0 Å². The Morgan fingerprint density at radius 3 is 2.81 bits per heavy atom. The fourth-order valence-corrected chi connectivity index (χ4v) is 2.08. The van der Waals surface area contributed by atoms with E-state index < -0.39 is 6.58 Å². The Labute approximate surface area is 100 Å². The van der Waals surface area contributed by atoms with Gasteiger partial charge >= 0.3 is 0 Å².